The van der Waals surface area contributed by atoms with Crippen molar-refractivity contribution in [1.29, 1.82) is 0 Å². The minimum absolute atomic E-state index is 0.323. The Morgan fingerprint density at radius 1 is 1.11 bits per heavy atom. The Bertz CT molecular complexity index is 354. The highest BCUT2D eigenvalue weighted by molar-refractivity contribution is 5.29. The van der Waals surface area contributed by atoms with E-state index in [0.717, 1.165) is 24.2 Å². The first-order chi connectivity index (χ1) is 9.29. The first-order valence-electron chi connectivity index (χ1n) is 7.74. The maximum absolute atomic E-state index is 10.1. The smallest absolute Gasteiger partial charge is 0.119 e. The van der Waals surface area contributed by atoms with Gasteiger partial charge in [-0.25, -0.2) is 0 Å². The molecule has 0 amide bonds. The second kappa shape index (κ2) is 7.54. The van der Waals surface area contributed by atoms with Crippen molar-refractivity contribution in [2.24, 2.45) is 0 Å². The third-order valence-electron chi connectivity index (χ3n) is 3.67. The molecular formula is C17H26O2. The number of hydrogen-bond acceptors (Lipinski definition) is 2. The van der Waals surface area contributed by atoms with Gasteiger partial charge in [0.25, 0.3) is 0 Å². The van der Waals surface area contributed by atoms with Crippen LogP contribution in [0.5, 0.6) is 5.75 Å². The van der Waals surface area contributed by atoms with Crippen LogP contribution in [-0.2, 0) is 0 Å². The van der Waals surface area contributed by atoms with E-state index in [2.05, 4.69) is 6.92 Å². The molecule has 1 aliphatic carbocycles. The third kappa shape index (κ3) is 5.23. The molecule has 0 heterocycles. The van der Waals surface area contributed by atoms with E-state index in [-0.39, 0.29) is 6.10 Å². The van der Waals surface area contributed by atoms with Gasteiger partial charge in [0.05, 0.1) is 12.2 Å². The Balaban J connectivity index is 1.70. The van der Waals surface area contributed by atoms with Crippen molar-refractivity contribution in [3.05, 3.63) is 29.8 Å². The van der Waals surface area contributed by atoms with Crippen molar-refractivity contribution in [3.63, 3.8) is 0 Å². The molecule has 106 valence electrons. The van der Waals surface area contributed by atoms with Gasteiger partial charge in [-0.2, -0.15) is 0 Å². The van der Waals surface area contributed by atoms with Gasteiger partial charge in [0.15, 0.2) is 0 Å². The van der Waals surface area contributed by atoms with Crippen molar-refractivity contribution in [2.45, 2.75) is 70.5 Å². The van der Waals surface area contributed by atoms with E-state index in [4.69, 9.17) is 4.74 Å². The van der Waals surface area contributed by atoms with Crippen LogP contribution in [0, 0.1) is 0 Å². The standard InChI is InChI=1S/C17H26O2/c1-2-3-4-5-6-7-17(18)14-8-10-15(11-9-14)19-16-12-13-16/h8-11,16-18H,2-7,12-13H2,1H3. The number of ether oxygens (including phenoxy) is 1. The van der Waals surface area contributed by atoms with Crippen LogP contribution >= 0.6 is 0 Å². The van der Waals surface area contributed by atoms with Crippen LogP contribution in [0.25, 0.3) is 0 Å². The van der Waals surface area contributed by atoms with Gasteiger partial charge in [-0.05, 0) is 37.0 Å². The van der Waals surface area contributed by atoms with Crippen molar-refractivity contribution < 1.29 is 9.84 Å². The molecule has 1 N–H and O–H groups in total. The van der Waals surface area contributed by atoms with Crippen LogP contribution in [0.4, 0.5) is 0 Å². The zero-order valence-corrected chi connectivity index (χ0v) is 12.0. The average molecular weight is 262 g/mol. The van der Waals surface area contributed by atoms with E-state index in [1.807, 2.05) is 24.3 Å². The van der Waals surface area contributed by atoms with Gasteiger partial charge in [-0.3, -0.25) is 0 Å². The molecule has 1 fully saturated rings. The number of hydrogen-bond donors (Lipinski definition) is 1. The molecule has 0 aromatic heterocycles. The van der Waals surface area contributed by atoms with E-state index >= 15 is 0 Å². The van der Waals surface area contributed by atoms with Gasteiger partial charge in [0.2, 0.25) is 0 Å². The Kier molecular flexibility index (Phi) is 5.71. The minimum atomic E-state index is -0.323. The van der Waals surface area contributed by atoms with Crippen LogP contribution < -0.4 is 4.74 Å². The maximum Gasteiger partial charge on any atom is 0.119 e. The SMILES string of the molecule is CCCCCCCC(O)c1ccc(OC2CC2)cc1. The van der Waals surface area contributed by atoms with Crippen LogP contribution in [0.15, 0.2) is 24.3 Å². The van der Waals surface area contributed by atoms with E-state index in [1.165, 1.54) is 38.5 Å². The average Bonchev–Trinajstić information content (AvgIpc) is 3.23. The van der Waals surface area contributed by atoms with Gasteiger partial charge in [0.1, 0.15) is 5.75 Å². The van der Waals surface area contributed by atoms with E-state index in [0.29, 0.717) is 6.10 Å². The Morgan fingerprint density at radius 3 is 2.42 bits per heavy atom. The highest BCUT2D eigenvalue weighted by atomic mass is 16.5. The Labute approximate surface area is 116 Å². The summed E-state index contributed by atoms with van der Waals surface area (Å²) in [6, 6.07) is 7.95. The summed E-state index contributed by atoms with van der Waals surface area (Å²) in [4.78, 5) is 0. The number of aliphatic hydroxyl groups excluding tert-OH is 1. The molecule has 2 rings (SSSR count). The summed E-state index contributed by atoms with van der Waals surface area (Å²) < 4.78 is 5.70. The van der Waals surface area contributed by atoms with Crippen molar-refractivity contribution in [2.75, 3.05) is 0 Å². The summed E-state index contributed by atoms with van der Waals surface area (Å²) >= 11 is 0. The molecule has 0 spiro atoms. The normalized spacial score (nSPS) is 16.3. The lowest BCUT2D eigenvalue weighted by molar-refractivity contribution is 0.163. The predicted molar refractivity (Wildman–Crippen MR) is 78.4 cm³/mol. The summed E-state index contributed by atoms with van der Waals surface area (Å²) in [5.74, 6) is 0.932. The minimum Gasteiger partial charge on any atom is -0.490 e. The number of rotatable bonds is 9. The molecule has 1 aromatic carbocycles. The molecule has 2 nitrogen and oxygen atoms in total. The van der Waals surface area contributed by atoms with E-state index in [9.17, 15) is 5.11 Å². The first-order valence-corrected chi connectivity index (χ1v) is 7.74. The number of aliphatic hydroxyl groups is 1. The topological polar surface area (TPSA) is 29.5 Å². The van der Waals surface area contributed by atoms with Gasteiger partial charge in [-0.1, -0.05) is 51.2 Å². The van der Waals surface area contributed by atoms with Crippen LogP contribution in [0.2, 0.25) is 0 Å². The maximum atomic E-state index is 10.1. The zero-order chi connectivity index (χ0) is 13.5. The van der Waals surface area contributed by atoms with E-state index < -0.39 is 0 Å². The summed E-state index contributed by atoms with van der Waals surface area (Å²) in [7, 11) is 0. The van der Waals surface area contributed by atoms with Crippen LogP contribution in [0.3, 0.4) is 0 Å². The summed E-state index contributed by atoms with van der Waals surface area (Å²) in [6.07, 6.45) is 9.56. The highest BCUT2D eigenvalue weighted by Crippen LogP contribution is 2.28. The number of unbranched alkanes of at least 4 members (excludes halogenated alkanes) is 4. The molecule has 0 saturated heterocycles. The summed E-state index contributed by atoms with van der Waals surface area (Å²) in [5.41, 5.74) is 1.01. The Hall–Kier alpha value is -1.02. The van der Waals surface area contributed by atoms with Gasteiger partial charge in [-0.15, -0.1) is 0 Å². The monoisotopic (exact) mass is 262 g/mol. The summed E-state index contributed by atoms with van der Waals surface area (Å²) in [6.45, 7) is 2.22. The molecule has 0 radical (unpaired) electrons. The molecule has 0 bridgehead atoms. The van der Waals surface area contributed by atoms with Crippen molar-refractivity contribution in [3.8, 4) is 5.75 Å². The quantitative estimate of drug-likeness (QED) is 0.658. The molecule has 19 heavy (non-hydrogen) atoms. The molecular weight excluding hydrogens is 236 g/mol. The first kappa shape index (κ1) is 14.4. The second-order valence-corrected chi connectivity index (χ2v) is 5.60. The zero-order valence-electron chi connectivity index (χ0n) is 12.0. The fourth-order valence-electron chi connectivity index (χ4n) is 2.25. The lowest BCUT2D eigenvalue weighted by Gasteiger charge is -2.12. The lowest BCUT2D eigenvalue weighted by atomic mass is 10.0. The fraction of sp³-hybridized carbons (Fsp3) is 0.647. The highest BCUT2D eigenvalue weighted by Gasteiger charge is 2.23. The lowest BCUT2D eigenvalue weighted by Crippen LogP contribution is -1.99. The third-order valence-corrected chi connectivity index (χ3v) is 3.67. The molecule has 1 aromatic rings. The molecule has 1 unspecified atom stereocenters. The largest absolute Gasteiger partial charge is 0.490 e. The van der Waals surface area contributed by atoms with Crippen LogP contribution in [-0.4, -0.2) is 11.2 Å². The molecule has 1 aliphatic rings. The predicted octanol–water partition coefficient (Wildman–Crippen LogP) is 4.62. The molecule has 2 heteroatoms. The second-order valence-electron chi connectivity index (χ2n) is 5.60. The van der Waals surface area contributed by atoms with Gasteiger partial charge >= 0.3 is 0 Å². The number of benzene rings is 1. The molecule has 1 saturated carbocycles. The summed E-state index contributed by atoms with van der Waals surface area (Å²) in [5, 5.41) is 10.1. The van der Waals surface area contributed by atoms with E-state index in [1.54, 1.807) is 0 Å². The molecule has 0 aliphatic heterocycles. The van der Waals surface area contributed by atoms with Crippen molar-refractivity contribution >= 4 is 0 Å². The van der Waals surface area contributed by atoms with Gasteiger partial charge < -0.3 is 9.84 Å². The fourth-order valence-corrected chi connectivity index (χ4v) is 2.25. The molecule has 1 atom stereocenters. The van der Waals surface area contributed by atoms with Gasteiger partial charge in [0, 0.05) is 0 Å². The van der Waals surface area contributed by atoms with Crippen LogP contribution in [0.1, 0.15) is 70.0 Å². The van der Waals surface area contributed by atoms with Crippen molar-refractivity contribution in [1.82, 2.24) is 0 Å². The Morgan fingerprint density at radius 2 is 1.79 bits per heavy atom.